The van der Waals surface area contributed by atoms with Crippen molar-refractivity contribution >= 4 is 17.7 Å². The average Bonchev–Trinajstić information content (AvgIpc) is 3.06. The van der Waals surface area contributed by atoms with Crippen LogP contribution in [0.2, 0.25) is 0 Å². The van der Waals surface area contributed by atoms with Crippen LogP contribution < -0.4 is 5.32 Å². The molecule has 1 fully saturated rings. The van der Waals surface area contributed by atoms with Gasteiger partial charge in [0, 0.05) is 19.1 Å². The van der Waals surface area contributed by atoms with Gasteiger partial charge in [-0.25, -0.2) is 4.98 Å². The van der Waals surface area contributed by atoms with Gasteiger partial charge in [0.1, 0.15) is 5.82 Å². The van der Waals surface area contributed by atoms with E-state index in [0.29, 0.717) is 23.4 Å². The molecule has 1 atom stereocenters. The fourth-order valence-corrected chi connectivity index (χ4v) is 2.22. The molecule has 2 rings (SSSR count). The highest BCUT2D eigenvalue weighted by Gasteiger charge is 2.27. The number of methoxy groups -OCH3 is 1. The average molecular weight is 270 g/mol. The Morgan fingerprint density at radius 3 is 3.11 bits per heavy atom. The number of aromatic nitrogens is 3. The second-order valence-electron chi connectivity index (χ2n) is 4.49. The largest absolute Gasteiger partial charge is 0.383 e. The van der Waals surface area contributed by atoms with Gasteiger partial charge in [0.15, 0.2) is 0 Å². The molecule has 0 spiro atoms. The van der Waals surface area contributed by atoms with E-state index < -0.39 is 0 Å². The van der Waals surface area contributed by atoms with E-state index in [1.54, 1.807) is 7.11 Å². The minimum Gasteiger partial charge on any atom is -0.383 e. The fraction of sp³-hybridized carbons (Fsp3) is 0.727. The summed E-state index contributed by atoms with van der Waals surface area (Å²) in [6, 6.07) is 0.0252. The van der Waals surface area contributed by atoms with Crippen molar-refractivity contribution in [2.24, 2.45) is 0 Å². The van der Waals surface area contributed by atoms with Gasteiger partial charge < -0.3 is 10.1 Å². The van der Waals surface area contributed by atoms with Crippen molar-refractivity contribution in [3.8, 4) is 0 Å². The number of nitrogens with one attached hydrogen (secondary N) is 2. The van der Waals surface area contributed by atoms with Gasteiger partial charge in [0.25, 0.3) is 0 Å². The summed E-state index contributed by atoms with van der Waals surface area (Å²) in [5, 5.41) is 10.5. The van der Waals surface area contributed by atoms with E-state index in [1.165, 1.54) is 24.6 Å². The van der Waals surface area contributed by atoms with Crippen LogP contribution in [0, 0.1) is 0 Å². The minimum absolute atomic E-state index is 0.0252. The number of carbonyl (C=O) groups excluding carboxylic acids is 1. The van der Waals surface area contributed by atoms with Crippen LogP contribution in [0.4, 0.5) is 0 Å². The van der Waals surface area contributed by atoms with Gasteiger partial charge in [-0.1, -0.05) is 11.8 Å². The van der Waals surface area contributed by atoms with Crippen molar-refractivity contribution in [1.29, 1.82) is 0 Å². The van der Waals surface area contributed by atoms with Gasteiger partial charge in [-0.2, -0.15) is 0 Å². The second-order valence-corrected chi connectivity index (χ2v) is 5.43. The summed E-state index contributed by atoms with van der Waals surface area (Å²) in [5.74, 6) is 1.81. The van der Waals surface area contributed by atoms with Crippen LogP contribution in [0.25, 0.3) is 0 Å². The SMILES string of the molecule is COC[C@H](C)NC(=O)CSc1n[nH]c(C2CC2)n1. The van der Waals surface area contributed by atoms with E-state index >= 15 is 0 Å². The lowest BCUT2D eigenvalue weighted by Gasteiger charge is -2.11. The molecule has 1 saturated carbocycles. The first kappa shape index (κ1) is 13.4. The number of thioether (sulfide) groups is 1. The molecule has 1 aromatic rings. The first-order valence-electron chi connectivity index (χ1n) is 6.02. The summed E-state index contributed by atoms with van der Waals surface area (Å²) in [4.78, 5) is 16.0. The van der Waals surface area contributed by atoms with E-state index in [9.17, 15) is 4.79 Å². The zero-order valence-electron chi connectivity index (χ0n) is 10.6. The molecule has 18 heavy (non-hydrogen) atoms. The van der Waals surface area contributed by atoms with E-state index in [4.69, 9.17) is 4.74 Å². The van der Waals surface area contributed by atoms with Crippen molar-refractivity contribution in [3.05, 3.63) is 5.82 Å². The summed E-state index contributed by atoms with van der Waals surface area (Å²) in [5.41, 5.74) is 0. The molecular formula is C11H18N4O2S. The molecular weight excluding hydrogens is 252 g/mol. The molecule has 0 radical (unpaired) electrons. The number of carbonyl (C=O) groups is 1. The maximum Gasteiger partial charge on any atom is 0.230 e. The summed E-state index contributed by atoms with van der Waals surface area (Å²) in [7, 11) is 1.62. The maximum atomic E-state index is 11.6. The topological polar surface area (TPSA) is 79.9 Å². The number of H-pyrrole nitrogens is 1. The number of aromatic amines is 1. The number of hydrogen-bond acceptors (Lipinski definition) is 5. The molecule has 0 saturated heterocycles. The van der Waals surface area contributed by atoms with Crippen molar-refractivity contribution in [2.45, 2.75) is 36.9 Å². The smallest absolute Gasteiger partial charge is 0.230 e. The number of nitrogens with zero attached hydrogens (tertiary/aromatic N) is 2. The van der Waals surface area contributed by atoms with E-state index in [-0.39, 0.29) is 11.9 Å². The molecule has 100 valence electrons. The van der Waals surface area contributed by atoms with Crippen molar-refractivity contribution in [3.63, 3.8) is 0 Å². The Kier molecular flexibility index (Phi) is 4.60. The Bertz CT molecular complexity index is 406. The first-order chi connectivity index (χ1) is 8.69. The van der Waals surface area contributed by atoms with Gasteiger partial charge >= 0.3 is 0 Å². The third kappa shape index (κ3) is 3.99. The molecule has 7 heteroatoms. The second kappa shape index (κ2) is 6.19. The van der Waals surface area contributed by atoms with Gasteiger partial charge in [0.05, 0.1) is 12.4 Å². The first-order valence-corrected chi connectivity index (χ1v) is 7.01. The maximum absolute atomic E-state index is 11.6. The number of amides is 1. The molecule has 0 unspecified atom stereocenters. The van der Waals surface area contributed by atoms with Crippen molar-refractivity contribution in [1.82, 2.24) is 20.5 Å². The molecule has 1 amide bonds. The molecule has 1 heterocycles. The molecule has 2 N–H and O–H groups in total. The van der Waals surface area contributed by atoms with Crippen LogP contribution in [0.3, 0.4) is 0 Å². The Morgan fingerprint density at radius 1 is 1.67 bits per heavy atom. The van der Waals surface area contributed by atoms with Crippen LogP contribution in [0.1, 0.15) is 31.5 Å². The van der Waals surface area contributed by atoms with Gasteiger partial charge in [-0.3, -0.25) is 9.89 Å². The molecule has 1 aliphatic rings. The molecule has 0 bridgehead atoms. The van der Waals surface area contributed by atoms with Crippen LogP contribution in [-0.2, 0) is 9.53 Å². The standard InChI is InChI=1S/C11H18N4O2S/c1-7(5-17-2)12-9(16)6-18-11-13-10(14-15-11)8-3-4-8/h7-8H,3-6H2,1-2H3,(H,12,16)(H,13,14,15)/t7-/m0/s1. The van der Waals surface area contributed by atoms with Crippen LogP contribution in [-0.4, -0.2) is 46.6 Å². The number of rotatable bonds is 7. The fourth-order valence-electron chi connectivity index (χ4n) is 1.60. The molecule has 0 aliphatic heterocycles. The van der Waals surface area contributed by atoms with E-state index in [2.05, 4.69) is 20.5 Å². The third-order valence-electron chi connectivity index (χ3n) is 2.60. The highest BCUT2D eigenvalue weighted by Crippen LogP contribution is 2.38. The lowest BCUT2D eigenvalue weighted by atomic mass is 10.3. The van der Waals surface area contributed by atoms with Gasteiger partial charge in [0.2, 0.25) is 11.1 Å². The zero-order chi connectivity index (χ0) is 13.0. The monoisotopic (exact) mass is 270 g/mol. The van der Waals surface area contributed by atoms with Gasteiger partial charge in [-0.15, -0.1) is 5.10 Å². The normalized spacial score (nSPS) is 16.6. The lowest BCUT2D eigenvalue weighted by Crippen LogP contribution is -2.36. The summed E-state index contributed by atoms with van der Waals surface area (Å²) < 4.78 is 4.95. The Labute approximate surface area is 110 Å². The van der Waals surface area contributed by atoms with Crippen LogP contribution in [0.5, 0.6) is 0 Å². The van der Waals surface area contributed by atoms with Gasteiger partial charge in [-0.05, 0) is 19.8 Å². The molecule has 1 aliphatic carbocycles. The predicted molar refractivity (Wildman–Crippen MR) is 68.6 cm³/mol. The highest BCUT2D eigenvalue weighted by molar-refractivity contribution is 7.99. The Hall–Kier alpha value is -1.08. The predicted octanol–water partition coefficient (Wildman–Crippen LogP) is 0.925. The van der Waals surface area contributed by atoms with Crippen LogP contribution >= 0.6 is 11.8 Å². The number of ether oxygens (including phenoxy) is 1. The summed E-state index contributed by atoms with van der Waals surface area (Å²) in [6.07, 6.45) is 2.38. The Balaban J connectivity index is 1.71. The molecule has 0 aromatic carbocycles. The van der Waals surface area contributed by atoms with Crippen LogP contribution in [0.15, 0.2) is 5.16 Å². The lowest BCUT2D eigenvalue weighted by molar-refractivity contribution is -0.119. The third-order valence-corrected chi connectivity index (χ3v) is 3.45. The Morgan fingerprint density at radius 2 is 2.44 bits per heavy atom. The minimum atomic E-state index is -0.0256. The summed E-state index contributed by atoms with van der Waals surface area (Å²) in [6.45, 7) is 2.42. The van der Waals surface area contributed by atoms with Crippen molar-refractivity contribution in [2.75, 3.05) is 19.5 Å². The zero-order valence-corrected chi connectivity index (χ0v) is 11.4. The highest BCUT2D eigenvalue weighted by atomic mass is 32.2. The summed E-state index contributed by atoms with van der Waals surface area (Å²) >= 11 is 1.35. The molecule has 6 nitrogen and oxygen atoms in total. The quantitative estimate of drug-likeness (QED) is 0.720. The van der Waals surface area contributed by atoms with E-state index in [0.717, 1.165) is 5.82 Å². The molecule has 1 aromatic heterocycles. The van der Waals surface area contributed by atoms with E-state index in [1.807, 2.05) is 6.92 Å². The number of hydrogen-bond donors (Lipinski definition) is 2. The van der Waals surface area contributed by atoms with Crippen molar-refractivity contribution < 1.29 is 9.53 Å².